The van der Waals surface area contributed by atoms with E-state index in [0.29, 0.717) is 30.2 Å². The van der Waals surface area contributed by atoms with Crippen molar-refractivity contribution in [2.75, 3.05) is 18.1 Å². The van der Waals surface area contributed by atoms with Crippen LogP contribution >= 0.6 is 11.6 Å². The van der Waals surface area contributed by atoms with E-state index in [4.69, 9.17) is 16.3 Å². The molecule has 3 rings (SSSR count). The molecule has 0 atom stereocenters. The van der Waals surface area contributed by atoms with Crippen molar-refractivity contribution in [1.82, 2.24) is 0 Å². The van der Waals surface area contributed by atoms with Gasteiger partial charge in [-0.3, -0.25) is 9.59 Å². The summed E-state index contributed by atoms with van der Waals surface area (Å²) in [5.74, 6) is -0.137. The summed E-state index contributed by atoms with van der Waals surface area (Å²) >= 11 is 5.99. The fraction of sp³-hybridized carbons (Fsp3) is 0.263. The molecule has 0 fully saturated rings. The highest BCUT2D eigenvalue weighted by molar-refractivity contribution is 6.52. The highest BCUT2D eigenvalue weighted by Crippen LogP contribution is 2.32. The number of carbonyl (C=O) groups excluding carboxylic acids is 2. The average molecular weight is 344 g/mol. The smallest absolute Gasteiger partial charge is 0.299 e. The molecule has 0 bridgehead atoms. The molecule has 0 aliphatic carbocycles. The lowest BCUT2D eigenvalue weighted by Gasteiger charge is -2.18. The van der Waals surface area contributed by atoms with E-state index in [9.17, 15) is 9.59 Å². The van der Waals surface area contributed by atoms with Crippen molar-refractivity contribution >= 4 is 29.0 Å². The maximum Gasteiger partial charge on any atom is 0.299 e. The molecule has 0 spiro atoms. The van der Waals surface area contributed by atoms with Crippen LogP contribution < -0.4 is 9.64 Å². The molecular weight excluding hydrogens is 326 g/mol. The van der Waals surface area contributed by atoms with Crippen molar-refractivity contribution in [3.8, 4) is 5.75 Å². The van der Waals surface area contributed by atoms with Gasteiger partial charge in [0.25, 0.3) is 11.7 Å². The number of Topliss-reactive ketones (excluding diaryl/α,β-unsaturated/α-hetero) is 1. The summed E-state index contributed by atoms with van der Waals surface area (Å²) in [7, 11) is 0. The van der Waals surface area contributed by atoms with Crippen molar-refractivity contribution < 1.29 is 14.3 Å². The van der Waals surface area contributed by atoms with Crippen LogP contribution in [0.15, 0.2) is 36.4 Å². The monoisotopic (exact) mass is 343 g/mol. The van der Waals surface area contributed by atoms with Crippen molar-refractivity contribution in [3.05, 3.63) is 58.1 Å². The quantitative estimate of drug-likeness (QED) is 0.610. The Kier molecular flexibility index (Phi) is 4.58. The zero-order valence-corrected chi connectivity index (χ0v) is 14.4. The molecule has 1 heterocycles. The van der Waals surface area contributed by atoms with Gasteiger partial charge in [0.1, 0.15) is 5.75 Å². The second-order valence-corrected chi connectivity index (χ2v) is 6.28. The molecule has 24 heavy (non-hydrogen) atoms. The van der Waals surface area contributed by atoms with Crippen LogP contribution in [-0.2, 0) is 4.79 Å². The summed E-state index contributed by atoms with van der Waals surface area (Å²) in [4.78, 5) is 25.8. The third kappa shape index (κ3) is 3.02. The third-order valence-corrected chi connectivity index (χ3v) is 4.54. The number of halogens is 1. The molecule has 2 aromatic carbocycles. The second kappa shape index (κ2) is 6.65. The number of anilines is 1. The summed E-state index contributed by atoms with van der Waals surface area (Å²) in [5, 5.41) is 0.704. The Morgan fingerprint density at radius 2 is 1.88 bits per heavy atom. The largest absolute Gasteiger partial charge is 0.494 e. The van der Waals surface area contributed by atoms with Gasteiger partial charge in [-0.2, -0.15) is 0 Å². The minimum absolute atomic E-state index is 0.428. The fourth-order valence-electron chi connectivity index (χ4n) is 2.87. The number of benzene rings is 2. The second-order valence-electron chi connectivity index (χ2n) is 5.87. The van der Waals surface area contributed by atoms with E-state index in [1.54, 1.807) is 23.1 Å². The molecule has 1 amide bonds. The zero-order chi connectivity index (χ0) is 17.3. The van der Waals surface area contributed by atoms with Gasteiger partial charge in [-0.1, -0.05) is 23.7 Å². The maximum atomic E-state index is 12.2. The average Bonchev–Trinajstić information content (AvgIpc) is 2.81. The Labute approximate surface area is 146 Å². The van der Waals surface area contributed by atoms with E-state index in [2.05, 4.69) is 0 Å². The Morgan fingerprint density at radius 1 is 1.08 bits per heavy atom. The standard InChI is InChI=1S/C19H18ClNO3/c1-12-5-3-6-15-17(12)21(19(23)18(15)22)9-4-10-24-14-7-8-16(20)13(2)11-14/h3,5-8,11H,4,9-10H2,1-2H3. The predicted octanol–water partition coefficient (Wildman–Crippen LogP) is 3.96. The number of amides is 1. The number of fused-ring (bicyclic) bond motifs is 1. The first kappa shape index (κ1) is 16.5. The summed E-state index contributed by atoms with van der Waals surface area (Å²) in [6.07, 6.45) is 0.633. The zero-order valence-electron chi connectivity index (χ0n) is 13.6. The molecule has 0 N–H and O–H groups in total. The summed E-state index contributed by atoms with van der Waals surface area (Å²) in [5.41, 5.74) is 3.11. The lowest BCUT2D eigenvalue weighted by Crippen LogP contribution is -2.31. The summed E-state index contributed by atoms with van der Waals surface area (Å²) in [6.45, 7) is 4.74. The van der Waals surface area contributed by atoms with Gasteiger partial charge in [-0.15, -0.1) is 0 Å². The maximum absolute atomic E-state index is 12.2. The predicted molar refractivity (Wildman–Crippen MR) is 94.2 cm³/mol. The van der Waals surface area contributed by atoms with Gasteiger partial charge in [0.2, 0.25) is 0 Å². The van der Waals surface area contributed by atoms with Crippen LogP contribution in [0.2, 0.25) is 5.02 Å². The molecule has 1 aliphatic rings. The molecule has 0 unspecified atom stereocenters. The van der Waals surface area contributed by atoms with Crippen LogP contribution in [0.1, 0.15) is 27.9 Å². The summed E-state index contributed by atoms with van der Waals surface area (Å²) in [6, 6.07) is 10.9. The van der Waals surface area contributed by atoms with Crippen LogP contribution in [0.5, 0.6) is 5.75 Å². The van der Waals surface area contributed by atoms with Crippen molar-refractivity contribution in [3.63, 3.8) is 0 Å². The van der Waals surface area contributed by atoms with Crippen LogP contribution in [-0.4, -0.2) is 24.8 Å². The normalized spacial score (nSPS) is 13.4. The SMILES string of the molecule is Cc1cc(OCCCN2C(=O)C(=O)c3cccc(C)c32)ccc1Cl. The molecule has 0 saturated heterocycles. The highest BCUT2D eigenvalue weighted by atomic mass is 35.5. The number of hydrogen-bond donors (Lipinski definition) is 0. The molecule has 0 saturated carbocycles. The number of nitrogens with zero attached hydrogens (tertiary/aromatic N) is 1. The number of ether oxygens (including phenoxy) is 1. The van der Waals surface area contributed by atoms with Gasteiger partial charge in [-0.05, 0) is 55.7 Å². The first-order valence-corrected chi connectivity index (χ1v) is 8.21. The topological polar surface area (TPSA) is 46.6 Å². The lowest BCUT2D eigenvalue weighted by molar-refractivity contribution is -0.114. The molecule has 2 aromatic rings. The van der Waals surface area contributed by atoms with Gasteiger partial charge in [-0.25, -0.2) is 0 Å². The van der Waals surface area contributed by atoms with Crippen molar-refractivity contribution in [2.45, 2.75) is 20.3 Å². The van der Waals surface area contributed by atoms with E-state index in [1.807, 2.05) is 32.0 Å². The van der Waals surface area contributed by atoms with Gasteiger partial charge in [0, 0.05) is 11.6 Å². The molecule has 5 heteroatoms. The molecule has 0 radical (unpaired) electrons. The first-order chi connectivity index (χ1) is 11.5. The summed E-state index contributed by atoms with van der Waals surface area (Å²) < 4.78 is 5.70. The Balaban J connectivity index is 1.62. The third-order valence-electron chi connectivity index (χ3n) is 4.12. The van der Waals surface area contributed by atoms with Crippen LogP contribution in [0.25, 0.3) is 0 Å². The molecule has 1 aliphatic heterocycles. The van der Waals surface area contributed by atoms with E-state index in [-0.39, 0.29) is 0 Å². The minimum atomic E-state index is -0.457. The molecule has 124 valence electrons. The Bertz CT molecular complexity index is 816. The molecular formula is C19H18ClNO3. The van der Waals surface area contributed by atoms with Gasteiger partial charge in [0.15, 0.2) is 0 Å². The van der Waals surface area contributed by atoms with Crippen LogP contribution in [0.4, 0.5) is 5.69 Å². The van der Waals surface area contributed by atoms with Crippen LogP contribution in [0, 0.1) is 13.8 Å². The number of aryl methyl sites for hydroxylation is 2. The number of para-hydroxylation sites is 1. The Hall–Kier alpha value is -2.33. The van der Waals surface area contributed by atoms with Gasteiger partial charge in [0.05, 0.1) is 17.9 Å². The molecule has 0 aromatic heterocycles. The lowest BCUT2D eigenvalue weighted by atomic mass is 10.1. The van der Waals surface area contributed by atoms with E-state index in [1.165, 1.54) is 0 Å². The fourth-order valence-corrected chi connectivity index (χ4v) is 2.99. The number of ketones is 1. The van der Waals surface area contributed by atoms with Crippen molar-refractivity contribution in [2.24, 2.45) is 0 Å². The Morgan fingerprint density at radius 3 is 2.62 bits per heavy atom. The minimum Gasteiger partial charge on any atom is -0.494 e. The number of hydrogen-bond acceptors (Lipinski definition) is 3. The van der Waals surface area contributed by atoms with E-state index in [0.717, 1.165) is 22.6 Å². The number of rotatable bonds is 5. The highest BCUT2D eigenvalue weighted by Gasteiger charge is 2.36. The van der Waals surface area contributed by atoms with E-state index < -0.39 is 11.7 Å². The van der Waals surface area contributed by atoms with E-state index >= 15 is 0 Å². The van der Waals surface area contributed by atoms with Gasteiger partial charge < -0.3 is 9.64 Å². The van der Waals surface area contributed by atoms with Crippen molar-refractivity contribution in [1.29, 1.82) is 0 Å². The number of carbonyl (C=O) groups is 2. The van der Waals surface area contributed by atoms with Gasteiger partial charge >= 0.3 is 0 Å². The first-order valence-electron chi connectivity index (χ1n) is 7.84. The van der Waals surface area contributed by atoms with Crippen LogP contribution in [0.3, 0.4) is 0 Å². The molecule has 4 nitrogen and oxygen atoms in total.